The van der Waals surface area contributed by atoms with Gasteiger partial charge >= 0.3 is 0 Å². The van der Waals surface area contributed by atoms with Gasteiger partial charge in [0.05, 0.1) is 0 Å². The summed E-state index contributed by atoms with van der Waals surface area (Å²) in [6, 6.07) is 10.9. The summed E-state index contributed by atoms with van der Waals surface area (Å²) in [5, 5.41) is 8.67. The molecule has 2 amide bonds. The number of aryl methyl sites for hydroxylation is 2. The van der Waals surface area contributed by atoms with Gasteiger partial charge in [-0.15, -0.1) is 11.3 Å². The molecule has 1 fully saturated rings. The van der Waals surface area contributed by atoms with Gasteiger partial charge in [0.1, 0.15) is 23.1 Å². The predicted molar refractivity (Wildman–Crippen MR) is 136 cm³/mol. The third-order valence-electron chi connectivity index (χ3n) is 6.38. The molecule has 1 aromatic heterocycles. The van der Waals surface area contributed by atoms with E-state index in [0.29, 0.717) is 29.4 Å². The number of amides is 2. The highest BCUT2D eigenvalue weighted by Gasteiger charge is 2.29. The van der Waals surface area contributed by atoms with Crippen molar-refractivity contribution in [1.29, 1.82) is 0 Å². The van der Waals surface area contributed by atoms with E-state index in [0.717, 1.165) is 47.6 Å². The first-order valence-electron chi connectivity index (χ1n) is 12.1. The molecule has 2 atom stereocenters. The molecule has 0 bridgehead atoms. The highest BCUT2D eigenvalue weighted by atomic mass is 32.1. The molecule has 36 heavy (non-hydrogen) atoms. The maximum Gasteiger partial charge on any atom is 0.271 e. The van der Waals surface area contributed by atoms with Crippen LogP contribution < -0.4 is 24.8 Å². The molecule has 3 aromatic rings. The van der Waals surface area contributed by atoms with E-state index < -0.39 is 0 Å². The molecule has 1 aliphatic heterocycles. The van der Waals surface area contributed by atoms with Crippen LogP contribution in [0.1, 0.15) is 62.7 Å². The summed E-state index contributed by atoms with van der Waals surface area (Å²) >= 11 is 1.40. The van der Waals surface area contributed by atoms with Crippen LogP contribution in [0.4, 0.5) is 0 Å². The van der Waals surface area contributed by atoms with Crippen molar-refractivity contribution >= 4 is 23.2 Å². The minimum absolute atomic E-state index is 0.160. The normalized spacial score (nSPS) is 18.5. The lowest BCUT2D eigenvalue weighted by atomic mass is 9.90. The van der Waals surface area contributed by atoms with Gasteiger partial charge in [-0.05, 0) is 68.1 Å². The number of carbonyl (C=O) groups excluding carboxylic acids is 2. The topological polar surface area (TPSA) is 98.8 Å². The lowest BCUT2D eigenvalue weighted by Gasteiger charge is -2.32. The molecule has 9 heteroatoms. The molecule has 2 N–H and O–H groups in total. The molecule has 5 rings (SSSR count). The van der Waals surface area contributed by atoms with Crippen molar-refractivity contribution in [2.45, 2.75) is 58.2 Å². The standard InChI is InChI=1S/C27H29N3O5S/c1-16-9-17(2)11-19(10-16)33-13-25-28-22(14-36-25)27(32)30-21-6-4-3-5-20(21)29-26(31)18-7-8-23-24(12-18)35-15-34-23/h7-12,14,20-21H,3-6,13,15H2,1-2H3,(H,29,31)(H,30,32). The summed E-state index contributed by atoms with van der Waals surface area (Å²) in [6.07, 6.45) is 3.58. The lowest BCUT2D eigenvalue weighted by molar-refractivity contribution is 0.0860. The number of carbonyl (C=O) groups is 2. The van der Waals surface area contributed by atoms with E-state index >= 15 is 0 Å². The Labute approximate surface area is 214 Å². The second-order valence-electron chi connectivity index (χ2n) is 9.25. The SMILES string of the molecule is Cc1cc(C)cc(OCc2nc(C(=O)NC3CCCCC3NC(=O)c3ccc4c(c3)OCO4)cs2)c1. The molecular formula is C27H29N3O5S. The first-order valence-corrected chi connectivity index (χ1v) is 13.0. The summed E-state index contributed by atoms with van der Waals surface area (Å²) in [5.74, 6) is 1.56. The minimum atomic E-state index is -0.238. The number of rotatable bonds is 7. The van der Waals surface area contributed by atoms with Crippen molar-refractivity contribution in [1.82, 2.24) is 15.6 Å². The number of nitrogens with zero attached hydrogens (tertiary/aromatic N) is 1. The zero-order valence-electron chi connectivity index (χ0n) is 20.3. The van der Waals surface area contributed by atoms with Crippen LogP contribution in [0.5, 0.6) is 17.2 Å². The molecular weight excluding hydrogens is 478 g/mol. The fourth-order valence-corrected chi connectivity index (χ4v) is 5.34. The number of nitrogens with one attached hydrogen (secondary N) is 2. The average Bonchev–Trinajstić information content (AvgIpc) is 3.52. The summed E-state index contributed by atoms with van der Waals surface area (Å²) in [7, 11) is 0. The number of aromatic nitrogens is 1. The third-order valence-corrected chi connectivity index (χ3v) is 7.20. The second-order valence-corrected chi connectivity index (χ2v) is 10.2. The molecule has 8 nitrogen and oxygen atoms in total. The maximum absolute atomic E-state index is 13.0. The van der Waals surface area contributed by atoms with E-state index in [4.69, 9.17) is 14.2 Å². The van der Waals surface area contributed by atoms with Crippen molar-refractivity contribution < 1.29 is 23.8 Å². The van der Waals surface area contributed by atoms with Gasteiger partial charge in [-0.1, -0.05) is 18.9 Å². The lowest BCUT2D eigenvalue weighted by Crippen LogP contribution is -2.53. The number of ether oxygens (including phenoxy) is 3. The van der Waals surface area contributed by atoms with E-state index in [1.807, 2.05) is 26.0 Å². The maximum atomic E-state index is 13.0. The fraction of sp³-hybridized carbons (Fsp3) is 0.370. The van der Waals surface area contributed by atoms with Crippen LogP contribution in [0.3, 0.4) is 0 Å². The van der Waals surface area contributed by atoms with Crippen LogP contribution in [0, 0.1) is 13.8 Å². The van der Waals surface area contributed by atoms with Crippen LogP contribution in [0.25, 0.3) is 0 Å². The second kappa shape index (κ2) is 10.6. The van der Waals surface area contributed by atoms with Crippen molar-refractivity contribution in [3.8, 4) is 17.2 Å². The molecule has 0 saturated heterocycles. The highest BCUT2D eigenvalue weighted by Crippen LogP contribution is 2.32. The number of hydrogen-bond acceptors (Lipinski definition) is 7. The van der Waals surface area contributed by atoms with Gasteiger partial charge in [0.25, 0.3) is 11.8 Å². The molecule has 188 valence electrons. The van der Waals surface area contributed by atoms with Gasteiger partial charge in [0, 0.05) is 23.0 Å². The van der Waals surface area contributed by atoms with Crippen LogP contribution in [0.2, 0.25) is 0 Å². The third kappa shape index (κ3) is 5.62. The Hall–Kier alpha value is -3.59. The fourth-order valence-electron chi connectivity index (χ4n) is 4.65. The van der Waals surface area contributed by atoms with E-state index in [2.05, 4.69) is 21.7 Å². The number of fused-ring (bicyclic) bond motifs is 1. The first-order chi connectivity index (χ1) is 17.4. The Morgan fingerprint density at radius 1 is 0.972 bits per heavy atom. The Morgan fingerprint density at radius 2 is 1.67 bits per heavy atom. The molecule has 1 aliphatic carbocycles. The quantitative estimate of drug-likeness (QED) is 0.487. The van der Waals surface area contributed by atoms with Gasteiger partial charge in [-0.2, -0.15) is 0 Å². The Balaban J connectivity index is 1.18. The molecule has 2 aliphatic rings. The van der Waals surface area contributed by atoms with E-state index in [1.54, 1.807) is 23.6 Å². The molecule has 2 heterocycles. The molecule has 1 saturated carbocycles. The van der Waals surface area contributed by atoms with Crippen LogP contribution in [-0.2, 0) is 6.61 Å². The number of benzene rings is 2. The summed E-state index contributed by atoms with van der Waals surface area (Å²) < 4.78 is 16.6. The zero-order valence-corrected chi connectivity index (χ0v) is 21.2. The van der Waals surface area contributed by atoms with Gasteiger partial charge in [-0.3, -0.25) is 9.59 Å². The predicted octanol–water partition coefficient (Wildman–Crippen LogP) is 4.54. The van der Waals surface area contributed by atoms with Crippen molar-refractivity contribution in [2.75, 3.05) is 6.79 Å². The molecule has 0 spiro atoms. The van der Waals surface area contributed by atoms with Crippen LogP contribution in [-0.4, -0.2) is 35.7 Å². The summed E-state index contributed by atoms with van der Waals surface area (Å²) in [4.78, 5) is 30.3. The minimum Gasteiger partial charge on any atom is -0.486 e. The van der Waals surface area contributed by atoms with Crippen LogP contribution in [0.15, 0.2) is 41.8 Å². The molecule has 2 unspecified atom stereocenters. The average molecular weight is 508 g/mol. The monoisotopic (exact) mass is 507 g/mol. The Bertz CT molecular complexity index is 1250. The molecule has 2 aromatic carbocycles. The Kier molecular flexibility index (Phi) is 7.09. The zero-order chi connectivity index (χ0) is 25.1. The van der Waals surface area contributed by atoms with E-state index in [1.165, 1.54) is 11.3 Å². The molecule has 0 radical (unpaired) electrons. The first kappa shape index (κ1) is 24.1. The number of thiazole rings is 1. The Morgan fingerprint density at radius 3 is 2.42 bits per heavy atom. The highest BCUT2D eigenvalue weighted by molar-refractivity contribution is 7.09. The smallest absolute Gasteiger partial charge is 0.271 e. The van der Waals surface area contributed by atoms with Gasteiger partial charge in [-0.25, -0.2) is 4.98 Å². The largest absolute Gasteiger partial charge is 0.486 e. The van der Waals surface area contributed by atoms with Crippen molar-refractivity contribution in [3.63, 3.8) is 0 Å². The van der Waals surface area contributed by atoms with Gasteiger partial charge in [0.2, 0.25) is 6.79 Å². The van der Waals surface area contributed by atoms with E-state index in [-0.39, 0.29) is 30.7 Å². The van der Waals surface area contributed by atoms with E-state index in [9.17, 15) is 9.59 Å². The van der Waals surface area contributed by atoms with Crippen LogP contribution >= 0.6 is 11.3 Å². The summed E-state index contributed by atoms with van der Waals surface area (Å²) in [5.41, 5.74) is 3.14. The van der Waals surface area contributed by atoms with Gasteiger partial charge < -0.3 is 24.8 Å². The number of hydrogen-bond donors (Lipinski definition) is 2. The van der Waals surface area contributed by atoms with Gasteiger partial charge in [0.15, 0.2) is 11.5 Å². The summed E-state index contributed by atoms with van der Waals surface area (Å²) in [6.45, 7) is 4.52. The van der Waals surface area contributed by atoms with Crippen molar-refractivity contribution in [2.24, 2.45) is 0 Å². The van der Waals surface area contributed by atoms with Crippen molar-refractivity contribution in [3.05, 3.63) is 69.2 Å².